The van der Waals surface area contributed by atoms with Gasteiger partial charge in [0.2, 0.25) is 0 Å². The predicted octanol–water partition coefficient (Wildman–Crippen LogP) is 7.01. The largest absolute Gasteiger partial charge is 2.00 e. The van der Waals surface area contributed by atoms with Gasteiger partial charge < -0.3 is 0 Å². The maximum absolute atomic E-state index is 5.26. The standard InChI is InChI=1S/C28H24N3.C5H5.Fe/c1-20-14-16-22(17-15-20)25-19-26(23-10-4-5-11-23)31(27-13-7-8-18-29-27)28(30-25)24-12-6-3-9-21(24)2;1-2-4-5-3-1;/h3-19,25H,1-2H3;1-5H;/q;;+2. The maximum Gasteiger partial charge on any atom is 2.00 e. The van der Waals surface area contributed by atoms with Crippen molar-refractivity contribution in [2.75, 3.05) is 4.90 Å². The summed E-state index contributed by atoms with van der Waals surface area (Å²) in [4.78, 5) is 12.1. The molecule has 0 saturated heterocycles. The summed E-state index contributed by atoms with van der Waals surface area (Å²) in [5.41, 5.74) is 5.83. The third-order valence-corrected chi connectivity index (χ3v) is 6.23. The van der Waals surface area contributed by atoms with E-state index in [4.69, 9.17) is 4.99 Å². The third kappa shape index (κ3) is 6.61. The fraction of sp³-hybridized carbons (Fsp3) is 0.0909. The second-order valence-corrected chi connectivity index (χ2v) is 8.83. The van der Waals surface area contributed by atoms with Crippen molar-refractivity contribution in [2.45, 2.75) is 19.9 Å². The first-order chi connectivity index (χ1) is 17.7. The molecule has 3 aliphatic rings. The third-order valence-electron chi connectivity index (χ3n) is 6.23. The number of amidine groups is 1. The van der Waals surface area contributed by atoms with E-state index in [0.717, 1.165) is 28.8 Å². The van der Waals surface area contributed by atoms with Crippen molar-refractivity contribution in [3.63, 3.8) is 0 Å². The molecule has 1 unspecified atom stereocenters. The molecule has 1 atom stereocenters. The minimum Gasteiger partial charge on any atom is -0.282 e. The van der Waals surface area contributed by atoms with Crippen LogP contribution < -0.4 is 4.90 Å². The maximum atomic E-state index is 5.26. The van der Waals surface area contributed by atoms with Crippen LogP contribution >= 0.6 is 0 Å². The molecule has 182 valence electrons. The van der Waals surface area contributed by atoms with Crippen LogP contribution in [-0.4, -0.2) is 10.8 Å². The molecule has 1 aromatic heterocycles. The Morgan fingerprint density at radius 1 is 0.703 bits per heavy atom. The molecule has 2 aromatic carbocycles. The quantitative estimate of drug-likeness (QED) is 0.344. The van der Waals surface area contributed by atoms with Gasteiger partial charge in [0, 0.05) is 23.4 Å². The Morgan fingerprint density at radius 2 is 1.35 bits per heavy atom. The molecule has 0 N–H and O–H groups in total. The molecule has 6 rings (SSSR count). The molecule has 0 spiro atoms. The number of aryl methyl sites for hydroxylation is 2. The van der Waals surface area contributed by atoms with Crippen LogP contribution in [0.3, 0.4) is 0 Å². The minimum absolute atomic E-state index is 0. The first-order valence-electron chi connectivity index (χ1n) is 12.2. The fourth-order valence-corrected chi connectivity index (χ4v) is 4.32. The van der Waals surface area contributed by atoms with Gasteiger partial charge >= 0.3 is 17.1 Å². The van der Waals surface area contributed by atoms with Crippen molar-refractivity contribution in [1.82, 2.24) is 4.98 Å². The molecule has 2 saturated carbocycles. The van der Waals surface area contributed by atoms with Gasteiger partial charge in [-0.15, -0.1) is 0 Å². The van der Waals surface area contributed by atoms with Gasteiger partial charge in [-0.2, -0.15) is 0 Å². The zero-order valence-corrected chi connectivity index (χ0v) is 22.1. The number of rotatable bonds is 4. The second-order valence-electron chi connectivity index (χ2n) is 8.83. The van der Waals surface area contributed by atoms with E-state index in [1.807, 2.05) is 56.5 Å². The zero-order chi connectivity index (χ0) is 24.7. The molecule has 0 amide bonds. The van der Waals surface area contributed by atoms with Crippen molar-refractivity contribution in [3.8, 4) is 0 Å². The molecule has 1 aliphatic heterocycles. The Kier molecular flexibility index (Phi) is 9.77. The average Bonchev–Trinajstić information content (AvgIpc) is 3.67. The Labute approximate surface area is 233 Å². The van der Waals surface area contributed by atoms with Crippen LogP contribution in [0.5, 0.6) is 0 Å². The number of allylic oxidation sites excluding steroid dienone is 1. The molecule has 2 aliphatic carbocycles. The molecule has 3 nitrogen and oxygen atoms in total. The number of hydrogen-bond donors (Lipinski definition) is 0. The monoisotopic (exact) mass is 523 g/mol. The van der Waals surface area contributed by atoms with Crippen molar-refractivity contribution in [3.05, 3.63) is 171 Å². The zero-order valence-electron chi connectivity index (χ0n) is 21.0. The Balaban J connectivity index is 0.000000479. The first-order valence-corrected chi connectivity index (χ1v) is 12.2. The van der Waals surface area contributed by atoms with Crippen LogP contribution in [0.25, 0.3) is 0 Å². The van der Waals surface area contributed by atoms with Gasteiger partial charge in [-0.3, -0.25) is 9.89 Å². The molecule has 10 radical (unpaired) electrons. The number of aliphatic imine (C=N–C) groups is 1. The SMILES string of the molecule is Cc1ccc(C2C=C([C]3[CH][CH][CH][CH]3)N(c3ccccn3)C(c3ccccc3C)=N2)cc1.[CH]1[CH][CH][CH][CH]1.[Fe+2]. The number of nitrogens with zero attached hydrogens (tertiary/aromatic N) is 3. The van der Waals surface area contributed by atoms with Crippen LogP contribution in [0.4, 0.5) is 5.82 Å². The summed E-state index contributed by atoms with van der Waals surface area (Å²) in [5.74, 6) is 2.93. The summed E-state index contributed by atoms with van der Waals surface area (Å²) in [5, 5.41) is 0. The van der Waals surface area contributed by atoms with Crippen molar-refractivity contribution in [2.24, 2.45) is 4.99 Å². The molecule has 37 heavy (non-hydrogen) atoms. The van der Waals surface area contributed by atoms with Gasteiger partial charge in [-0.1, -0.05) is 60.2 Å². The van der Waals surface area contributed by atoms with Crippen molar-refractivity contribution in [1.29, 1.82) is 0 Å². The van der Waals surface area contributed by atoms with E-state index in [1.165, 1.54) is 16.7 Å². The summed E-state index contributed by atoms with van der Waals surface area (Å²) < 4.78 is 0. The van der Waals surface area contributed by atoms with E-state index in [1.54, 1.807) is 0 Å². The van der Waals surface area contributed by atoms with E-state index in [-0.39, 0.29) is 23.1 Å². The van der Waals surface area contributed by atoms with Crippen LogP contribution in [0.15, 0.2) is 89.7 Å². The number of hydrogen-bond acceptors (Lipinski definition) is 3. The van der Waals surface area contributed by atoms with E-state index in [2.05, 4.69) is 104 Å². The Hall–Kier alpha value is -2.68. The van der Waals surface area contributed by atoms with E-state index in [0.29, 0.717) is 0 Å². The Bertz CT molecular complexity index is 1180. The smallest absolute Gasteiger partial charge is 0.282 e. The average molecular weight is 523 g/mol. The van der Waals surface area contributed by atoms with Gasteiger partial charge in [0.25, 0.3) is 0 Å². The van der Waals surface area contributed by atoms with E-state index >= 15 is 0 Å². The first kappa shape index (κ1) is 27.4. The molecular formula is C33H29FeN3+2. The van der Waals surface area contributed by atoms with Crippen molar-refractivity contribution < 1.29 is 17.1 Å². The van der Waals surface area contributed by atoms with Gasteiger partial charge in [-0.25, -0.2) is 4.98 Å². The summed E-state index contributed by atoms with van der Waals surface area (Å²) in [7, 11) is 0. The summed E-state index contributed by atoms with van der Waals surface area (Å²) >= 11 is 0. The number of anilines is 1. The van der Waals surface area contributed by atoms with Gasteiger partial charge in [0.15, 0.2) is 0 Å². The summed E-state index contributed by atoms with van der Waals surface area (Å²) in [6.07, 6.45) is 22.5. The fourth-order valence-electron chi connectivity index (χ4n) is 4.32. The van der Waals surface area contributed by atoms with Crippen LogP contribution in [0, 0.1) is 77.6 Å². The van der Waals surface area contributed by atoms with Gasteiger partial charge in [0.05, 0.1) is 6.04 Å². The Morgan fingerprint density at radius 3 is 1.97 bits per heavy atom. The van der Waals surface area contributed by atoms with Gasteiger partial charge in [-0.05, 0) is 101 Å². The van der Waals surface area contributed by atoms with Crippen molar-refractivity contribution >= 4 is 11.7 Å². The van der Waals surface area contributed by atoms with Gasteiger partial charge in [0.1, 0.15) is 11.7 Å². The van der Waals surface area contributed by atoms with Crippen LogP contribution in [-0.2, 0) is 17.1 Å². The van der Waals surface area contributed by atoms with Crippen LogP contribution in [0.2, 0.25) is 0 Å². The number of aromatic nitrogens is 1. The molecule has 2 fully saturated rings. The molecule has 2 heterocycles. The predicted molar refractivity (Wildman–Crippen MR) is 148 cm³/mol. The summed E-state index contributed by atoms with van der Waals surface area (Å²) in [6, 6.07) is 23.0. The second kappa shape index (κ2) is 13.2. The molecule has 4 heteroatoms. The topological polar surface area (TPSA) is 28.5 Å². The minimum atomic E-state index is -0.0694. The van der Waals surface area contributed by atoms with E-state index < -0.39 is 0 Å². The summed E-state index contributed by atoms with van der Waals surface area (Å²) in [6.45, 7) is 4.25. The number of benzene rings is 2. The normalized spacial score (nSPS) is 19.4. The molecule has 3 aromatic rings. The number of pyridine rings is 1. The molecule has 0 bridgehead atoms. The van der Waals surface area contributed by atoms with E-state index in [9.17, 15) is 0 Å². The molecular weight excluding hydrogens is 494 g/mol. The van der Waals surface area contributed by atoms with Crippen LogP contribution in [0.1, 0.15) is 28.3 Å².